The van der Waals surface area contributed by atoms with Crippen molar-refractivity contribution in [1.29, 1.82) is 0 Å². The molecule has 0 saturated carbocycles. The van der Waals surface area contributed by atoms with E-state index in [2.05, 4.69) is 206 Å². The average Bonchev–Trinajstić information content (AvgIpc) is 3.89. The van der Waals surface area contributed by atoms with Crippen LogP contribution in [0.3, 0.4) is 0 Å². The van der Waals surface area contributed by atoms with E-state index in [-0.39, 0.29) is 0 Å². The predicted octanol–water partition coefficient (Wildman–Crippen LogP) is 14.9. The first kappa shape index (κ1) is 36.1. The van der Waals surface area contributed by atoms with Gasteiger partial charge in [0.15, 0.2) is 17.5 Å². The third-order valence-corrected chi connectivity index (χ3v) is 13.7. The first-order chi connectivity index (χ1) is 30.7. The highest BCUT2D eigenvalue weighted by Gasteiger charge is 2.47. The van der Waals surface area contributed by atoms with Crippen LogP contribution in [0, 0.1) is 0 Å². The van der Waals surface area contributed by atoms with E-state index < -0.39 is 5.41 Å². The molecule has 4 heteroatoms. The lowest BCUT2D eigenvalue weighted by molar-refractivity contribution is 0.768. The molecule has 3 nitrogen and oxygen atoms in total. The fraction of sp³-hybridized carbons (Fsp3) is 0.0172. The topological polar surface area (TPSA) is 38.7 Å². The highest BCUT2D eigenvalue weighted by molar-refractivity contribution is 7.26. The Balaban J connectivity index is 0.989. The summed E-state index contributed by atoms with van der Waals surface area (Å²) in [7, 11) is 0. The van der Waals surface area contributed by atoms with Crippen LogP contribution < -0.4 is 0 Å². The van der Waals surface area contributed by atoms with Gasteiger partial charge >= 0.3 is 0 Å². The van der Waals surface area contributed by atoms with Crippen molar-refractivity contribution in [2.24, 2.45) is 0 Å². The molecule has 0 N–H and O–H groups in total. The summed E-state index contributed by atoms with van der Waals surface area (Å²) >= 11 is 1.87. The van der Waals surface area contributed by atoms with Crippen molar-refractivity contribution in [3.63, 3.8) is 0 Å². The molecule has 12 rings (SSSR count). The minimum absolute atomic E-state index is 0.528. The van der Waals surface area contributed by atoms with Crippen molar-refractivity contribution in [3.8, 4) is 67.5 Å². The molecule has 0 amide bonds. The third-order valence-electron chi connectivity index (χ3n) is 12.4. The zero-order valence-corrected chi connectivity index (χ0v) is 34.4. The zero-order valence-electron chi connectivity index (χ0n) is 33.6. The molecule has 2 aromatic heterocycles. The largest absolute Gasteiger partial charge is 0.208 e. The van der Waals surface area contributed by atoms with Gasteiger partial charge in [-0.05, 0) is 67.8 Å². The van der Waals surface area contributed by atoms with Crippen molar-refractivity contribution in [2.45, 2.75) is 5.41 Å². The molecule has 0 spiro atoms. The molecule has 0 saturated heterocycles. The standard InChI is InChI=1S/C58H37N3S/c1-4-17-39(18-5-1)55-59-56(40-35-33-38(34-36-40)41-19-14-20-42(37-41)45-27-15-28-47-46-25-11-13-32-52(46)62-54(45)47)61-57(60-55)49-29-16-31-51-53(49)48-26-10-12-30-50(48)58(51,43-21-6-2-7-22-43)44-23-8-3-9-24-44/h1-37H. The van der Waals surface area contributed by atoms with Gasteiger partial charge in [0.2, 0.25) is 0 Å². The van der Waals surface area contributed by atoms with E-state index >= 15 is 0 Å². The molecule has 290 valence electrons. The molecule has 9 aromatic carbocycles. The van der Waals surface area contributed by atoms with Crippen LogP contribution >= 0.6 is 11.3 Å². The summed E-state index contributed by atoms with van der Waals surface area (Å²) in [6, 6.07) is 80.4. The Morgan fingerprint density at radius 1 is 0.323 bits per heavy atom. The number of nitrogens with zero attached hydrogens (tertiary/aromatic N) is 3. The lowest BCUT2D eigenvalue weighted by Gasteiger charge is -2.33. The molecule has 2 heterocycles. The highest BCUT2D eigenvalue weighted by atomic mass is 32.1. The van der Waals surface area contributed by atoms with E-state index in [0.717, 1.165) is 33.4 Å². The van der Waals surface area contributed by atoms with E-state index in [1.807, 2.05) is 29.5 Å². The molecule has 0 atom stereocenters. The van der Waals surface area contributed by atoms with Gasteiger partial charge in [0.1, 0.15) is 0 Å². The van der Waals surface area contributed by atoms with Crippen molar-refractivity contribution in [2.75, 3.05) is 0 Å². The van der Waals surface area contributed by atoms with E-state index in [4.69, 9.17) is 15.0 Å². The number of aromatic nitrogens is 3. The molecule has 0 bridgehead atoms. The van der Waals surface area contributed by atoms with Crippen LogP contribution in [0.15, 0.2) is 224 Å². The van der Waals surface area contributed by atoms with Crippen molar-refractivity contribution >= 4 is 31.5 Å². The molecular weight excluding hydrogens is 771 g/mol. The fourth-order valence-corrected chi connectivity index (χ4v) is 10.9. The second-order valence-corrected chi connectivity index (χ2v) is 16.9. The molecule has 0 radical (unpaired) electrons. The molecule has 11 aromatic rings. The summed E-state index contributed by atoms with van der Waals surface area (Å²) in [4.78, 5) is 15.7. The molecular formula is C58H37N3S. The van der Waals surface area contributed by atoms with Crippen molar-refractivity contribution in [1.82, 2.24) is 15.0 Å². The van der Waals surface area contributed by atoms with Gasteiger partial charge in [0.05, 0.1) is 5.41 Å². The Hall–Kier alpha value is -7.79. The summed E-state index contributed by atoms with van der Waals surface area (Å²) in [6.45, 7) is 0. The van der Waals surface area contributed by atoms with Gasteiger partial charge in [-0.3, -0.25) is 0 Å². The van der Waals surface area contributed by atoms with E-state index in [1.165, 1.54) is 59.1 Å². The Kier molecular flexibility index (Phi) is 8.58. The van der Waals surface area contributed by atoms with E-state index in [9.17, 15) is 0 Å². The quantitative estimate of drug-likeness (QED) is 0.161. The second-order valence-electron chi connectivity index (χ2n) is 15.9. The van der Waals surface area contributed by atoms with E-state index in [0.29, 0.717) is 17.5 Å². The maximum atomic E-state index is 5.33. The lowest BCUT2D eigenvalue weighted by atomic mass is 9.67. The number of rotatable bonds is 7. The Morgan fingerprint density at radius 3 is 1.58 bits per heavy atom. The highest BCUT2D eigenvalue weighted by Crippen LogP contribution is 2.58. The number of hydrogen-bond donors (Lipinski definition) is 0. The van der Waals surface area contributed by atoms with Gasteiger partial charge < -0.3 is 0 Å². The van der Waals surface area contributed by atoms with E-state index in [1.54, 1.807) is 0 Å². The maximum Gasteiger partial charge on any atom is 0.164 e. The maximum absolute atomic E-state index is 5.33. The Bertz CT molecular complexity index is 3410. The van der Waals surface area contributed by atoms with Gasteiger partial charge in [-0.25, -0.2) is 15.0 Å². The number of benzene rings is 9. The predicted molar refractivity (Wildman–Crippen MR) is 257 cm³/mol. The summed E-state index contributed by atoms with van der Waals surface area (Å²) in [6.07, 6.45) is 0. The molecule has 0 aliphatic heterocycles. The minimum Gasteiger partial charge on any atom is -0.208 e. The van der Waals surface area contributed by atoms with Crippen LogP contribution in [0.5, 0.6) is 0 Å². The molecule has 62 heavy (non-hydrogen) atoms. The van der Waals surface area contributed by atoms with Gasteiger partial charge in [-0.1, -0.05) is 212 Å². The van der Waals surface area contributed by atoms with Crippen LogP contribution in [-0.4, -0.2) is 15.0 Å². The van der Waals surface area contributed by atoms with Crippen LogP contribution in [0.4, 0.5) is 0 Å². The molecule has 0 unspecified atom stereocenters. The molecule has 1 aliphatic carbocycles. The summed E-state index contributed by atoms with van der Waals surface area (Å²) in [5.41, 5.74) is 14.3. The lowest BCUT2D eigenvalue weighted by Crippen LogP contribution is -2.28. The summed E-state index contributed by atoms with van der Waals surface area (Å²) in [5, 5.41) is 2.62. The second kappa shape index (κ2) is 14.7. The van der Waals surface area contributed by atoms with Crippen LogP contribution in [0.25, 0.3) is 87.7 Å². The van der Waals surface area contributed by atoms with Gasteiger partial charge in [0.25, 0.3) is 0 Å². The van der Waals surface area contributed by atoms with Gasteiger partial charge in [-0.15, -0.1) is 11.3 Å². The Morgan fingerprint density at radius 2 is 0.823 bits per heavy atom. The van der Waals surface area contributed by atoms with Crippen LogP contribution in [0.2, 0.25) is 0 Å². The SMILES string of the molecule is c1ccc(-c2nc(-c3ccc(-c4cccc(-c5cccc6c5sc5ccccc56)c4)cc3)nc(-c3cccc4c3-c3ccccc3C4(c3ccccc3)c3ccccc3)n2)cc1. The zero-order chi connectivity index (χ0) is 41.0. The minimum atomic E-state index is -0.528. The van der Waals surface area contributed by atoms with Crippen molar-refractivity contribution in [3.05, 3.63) is 247 Å². The normalized spacial score (nSPS) is 12.6. The number of hydrogen-bond acceptors (Lipinski definition) is 4. The molecule has 0 fully saturated rings. The fourth-order valence-electron chi connectivity index (χ4n) is 9.67. The number of thiophene rings is 1. The van der Waals surface area contributed by atoms with Gasteiger partial charge in [-0.2, -0.15) is 0 Å². The van der Waals surface area contributed by atoms with Gasteiger partial charge in [0, 0.05) is 36.9 Å². The molecule has 1 aliphatic rings. The average molecular weight is 808 g/mol. The van der Waals surface area contributed by atoms with Crippen LogP contribution in [-0.2, 0) is 5.41 Å². The summed E-state index contributed by atoms with van der Waals surface area (Å²) < 4.78 is 2.63. The number of fused-ring (bicyclic) bond motifs is 6. The Labute approximate surface area is 364 Å². The first-order valence-electron chi connectivity index (χ1n) is 21.0. The van der Waals surface area contributed by atoms with Crippen molar-refractivity contribution < 1.29 is 0 Å². The smallest absolute Gasteiger partial charge is 0.164 e. The first-order valence-corrected chi connectivity index (χ1v) is 21.8. The third kappa shape index (κ3) is 5.76. The van der Waals surface area contributed by atoms with Crippen LogP contribution in [0.1, 0.15) is 22.3 Å². The monoisotopic (exact) mass is 807 g/mol. The summed E-state index contributed by atoms with van der Waals surface area (Å²) in [5.74, 6) is 1.91.